The molecule has 1 N–H and O–H groups in total. The number of anilines is 1. The van der Waals surface area contributed by atoms with Crippen molar-refractivity contribution in [3.8, 4) is 11.5 Å². The van der Waals surface area contributed by atoms with Crippen molar-refractivity contribution in [2.75, 3.05) is 19.0 Å². The number of hydrogen-bond acceptors (Lipinski definition) is 5. The van der Waals surface area contributed by atoms with Gasteiger partial charge < -0.3 is 19.5 Å². The summed E-state index contributed by atoms with van der Waals surface area (Å²) in [5.41, 5.74) is 0.290. The van der Waals surface area contributed by atoms with Crippen LogP contribution < -0.4 is 14.8 Å². The highest BCUT2D eigenvalue weighted by atomic mass is 19.1. The van der Waals surface area contributed by atoms with E-state index in [4.69, 9.17) is 14.2 Å². The Labute approximate surface area is 172 Å². The number of nitrogens with one attached hydrogen (secondary N) is 1. The molecule has 0 heterocycles. The van der Waals surface area contributed by atoms with Gasteiger partial charge in [0.2, 0.25) is 0 Å². The van der Waals surface area contributed by atoms with E-state index in [1.807, 2.05) is 0 Å². The Balaban J connectivity index is 1.97. The average molecular weight is 417 g/mol. The molecule has 0 aliphatic rings. The van der Waals surface area contributed by atoms with Crippen molar-refractivity contribution in [2.24, 2.45) is 0 Å². The van der Waals surface area contributed by atoms with Crippen LogP contribution in [-0.2, 0) is 14.3 Å². The molecule has 0 fully saturated rings. The highest BCUT2D eigenvalue weighted by Gasteiger charge is 2.18. The zero-order valence-corrected chi connectivity index (χ0v) is 16.5. The highest BCUT2D eigenvalue weighted by Crippen LogP contribution is 2.28. The summed E-state index contributed by atoms with van der Waals surface area (Å²) in [5, 5.41) is 2.18. The maximum Gasteiger partial charge on any atom is 0.331 e. The molecule has 1 amide bonds. The predicted molar refractivity (Wildman–Crippen MR) is 108 cm³/mol. The number of carbonyl (C=O) groups is 2. The van der Waals surface area contributed by atoms with Gasteiger partial charge >= 0.3 is 5.97 Å². The third-order valence-electron chi connectivity index (χ3n) is 3.80. The molecule has 0 bridgehead atoms. The SMILES string of the molecule is C=CCOc1ccc(/C=C/C(=O)O[C@H](C)C(=O)Nc2cc(F)ccc2F)cc1OC. The summed E-state index contributed by atoms with van der Waals surface area (Å²) < 4.78 is 42.5. The third kappa shape index (κ3) is 6.44. The molecule has 0 unspecified atom stereocenters. The Bertz CT molecular complexity index is 959. The van der Waals surface area contributed by atoms with Crippen LogP contribution in [0.25, 0.3) is 6.08 Å². The number of amides is 1. The summed E-state index contributed by atoms with van der Waals surface area (Å²) in [6.45, 7) is 5.20. The van der Waals surface area contributed by atoms with Crippen molar-refractivity contribution in [1.82, 2.24) is 0 Å². The predicted octanol–water partition coefficient (Wildman–Crippen LogP) is 4.12. The van der Waals surface area contributed by atoms with E-state index in [-0.39, 0.29) is 5.69 Å². The molecule has 8 heteroatoms. The van der Waals surface area contributed by atoms with Crippen LogP contribution >= 0.6 is 0 Å². The first-order chi connectivity index (χ1) is 14.3. The molecule has 0 aliphatic carbocycles. The first kappa shape index (κ1) is 22.6. The van der Waals surface area contributed by atoms with Crippen LogP contribution in [0.2, 0.25) is 0 Å². The quantitative estimate of drug-likeness (QED) is 0.377. The molecule has 30 heavy (non-hydrogen) atoms. The lowest BCUT2D eigenvalue weighted by atomic mass is 10.2. The van der Waals surface area contributed by atoms with E-state index in [2.05, 4.69) is 11.9 Å². The lowest BCUT2D eigenvalue weighted by molar-refractivity contribution is -0.148. The number of hydrogen-bond donors (Lipinski definition) is 1. The number of halogens is 2. The number of methoxy groups -OCH3 is 1. The van der Waals surface area contributed by atoms with Crippen LogP contribution in [0.5, 0.6) is 11.5 Å². The van der Waals surface area contributed by atoms with Crippen LogP contribution in [0.4, 0.5) is 14.5 Å². The van der Waals surface area contributed by atoms with Gasteiger partial charge in [-0.3, -0.25) is 4.79 Å². The van der Waals surface area contributed by atoms with Crippen molar-refractivity contribution < 1.29 is 32.6 Å². The van der Waals surface area contributed by atoms with E-state index in [0.717, 1.165) is 24.3 Å². The van der Waals surface area contributed by atoms with Gasteiger partial charge in [-0.2, -0.15) is 0 Å². The van der Waals surface area contributed by atoms with Crippen LogP contribution in [0.3, 0.4) is 0 Å². The maximum absolute atomic E-state index is 13.6. The minimum absolute atomic E-state index is 0.317. The van der Waals surface area contributed by atoms with Gasteiger partial charge in [0.25, 0.3) is 5.91 Å². The Hall–Kier alpha value is -3.68. The summed E-state index contributed by atoms with van der Waals surface area (Å²) in [7, 11) is 1.49. The number of rotatable bonds is 9. The fourth-order valence-electron chi connectivity index (χ4n) is 2.31. The van der Waals surface area contributed by atoms with Gasteiger partial charge in [-0.05, 0) is 42.8 Å². The Morgan fingerprint density at radius 2 is 1.93 bits per heavy atom. The minimum Gasteiger partial charge on any atom is -0.493 e. The van der Waals surface area contributed by atoms with E-state index in [1.54, 1.807) is 24.3 Å². The summed E-state index contributed by atoms with van der Waals surface area (Å²) >= 11 is 0. The topological polar surface area (TPSA) is 73.9 Å². The molecule has 2 aromatic rings. The largest absolute Gasteiger partial charge is 0.493 e. The number of ether oxygens (including phenoxy) is 3. The Morgan fingerprint density at radius 1 is 1.17 bits per heavy atom. The zero-order valence-electron chi connectivity index (χ0n) is 16.5. The van der Waals surface area contributed by atoms with Gasteiger partial charge in [0, 0.05) is 12.1 Å². The molecule has 0 aliphatic heterocycles. The zero-order chi connectivity index (χ0) is 22.1. The second-order valence-corrected chi connectivity index (χ2v) is 6.04. The lowest BCUT2D eigenvalue weighted by Crippen LogP contribution is -2.29. The first-order valence-electron chi connectivity index (χ1n) is 8.90. The van der Waals surface area contributed by atoms with Gasteiger partial charge in [-0.15, -0.1) is 0 Å². The van der Waals surface area contributed by atoms with Gasteiger partial charge in [0.05, 0.1) is 12.8 Å². The van der Waals surface area contributed by atoms with Crippen molar-refractivity contribution in [1.29, 1.82) is 0 Å². The molecular weight excluding hydrogens is 396 g/mol. The normalized spacial score (nSPS) is 11.6. The van der Waals surface area contributed by atoms with Crippen LogP contribution in [0.1, 0.15) is 12.5 Å². The second-order valence-electron chi connectivity index (χ2n) is 6.04. The van der Waals surface area contributed by atoms with Crippen LogP contribution in [0, 0.1) is 11.6 Å². The molecule has 0 radical (unpaired) electrons. The number of benzene rings is 2. The molecule has 6 nitrogen and oxygen atoms in total. The molecule has 2 aromatic carbocycles. The number of esters is 1. The molecule has 2 rings (SSSR count). The van der Waals surface area contributed by atoms with Gasteiger partial charge in [0.15, 0.2) is 17.6 Å². The monoisotopic (exact) mass is 417 g/mol. The Kier molecular flexibility index (Phi) is 8.10. The first-order valence-corrected chi connectivity index (χ1v) is 8.90. The summed E-state index contributed by atoms with van der Waals surface area (Å²) in [4.78, 5) is 24.0. The van der Waals surface area contributed by atoms with E-state index in [9.17, 15) is 18.4 Å². The van der Waals surface area contributed by atoms with Crippen molar-refractivity contribution in [3.05, 3.63) is 72.3 Å². The van der Waals surface area contributed by atoms with E-state index >= 15 is 0 Å². The molecule has 158 valence electrons. The number of carbonyl (C=O) groups excluding carboxylic acids is 2. The molecule has 1 atom stereocenters. The van der Waals surface area contributed by atoms with Crippen LogP contribution in [-0.4, -0.2) is 31.7 Å². The smallest absolute Gasteiger partial charge is 0.331 e. The van der Waals surface area contributed by atoms with Gasteiger partial charge in [-0.25, -0.2) is 13.6 Å². The van der Waals surface area contributed by atoms with Gasteiger partial charge in [-0.1, -0.05) is 18.7 Å². The fourth-order valence-corrected chi connectivity index (χ4v) is 2.31. The molecule has 0 saturated carbocycles. The van der Waals surface area contributed by atoms with Gasteiger partial charge in [0.1, 0.15) is 18.2 Å². The minimum atomic E-state index is -1.23. The third-order valence-corrected chi connectivity index (χ3v) is 3.80. The summed E-state index contributed by atoms with van der Waals surface area (Å²) in [6.07, 6.45) is 2.97. The van der Waals surface area contributed by atoms with Crippen molar-refractivity contribution in [2.45, 2.75) is 13.0 Å². The van der Waals surface area contributed by atoms with E-state index in [0.29, 0.717) is 23.7 Å². The van der Waals surface area contributed by atoms with Crippen LogP contribution in [0.15, 0.2) is 55.1 Å². The highest BCUT2D eigenvalue weighted by molar-refractivity contribution is 5.96. The summed E-state index contributed by atoms with van der Waals surface area (Å²) in [5.74, 6) is -2.12. The average Bonchev–Trinajstić information content (AvgIpc) is 2.73. The maximum atomic E-state index is 13.6. The standard InChI is InChI=1S/C22H21F2NO5/c1-4-11-29-19-9-5-15(12-20(19)28-3)6-10-21(26)30-14(2)22(27)25-18-13-16(23)7-8-17(18)24/h4-10,12-14H,1,11H2,2-3H3,(H,25,27)/b10-6+/t14-/m1/s1. The molecule has 0 saturated heterocycles. The molecule has 0 spiro atoms. The van der Waals surface area contributed by atoms with E-state index in [1.165, 1.54) is 20.1 Å². The molecule has 0 aromatic heterocycles. The molecular formula is C22H21F2NO5. The summed E-state index contributed by atoms with van der Waals surface area (Å²) in [6, 6.07) is 7.67. The Morgan fingerprint density at radius 3 is 2.63 bits per heavy atom. The second kappa shape index (κ2) is 10.8. The van der Waals surface area contributed by atoms with Crippen molar-refractivity contribution in [3.63, 3.8) is 0 Å². The van der Waals surface area contributed by atoms with Crippen molar-refractivity contribution >= 4 is 23.6 Å². The fraction of sp³-hybridized carbons (Fsp3) is 0.182. The van der Waals surface area contributed by atoms with E-state index < -0.39 is 29.6 Å². The lowest BCUT2D eigenvalue weighted by Gasteiger charge is -2.13.